The molecule has 9 N–H and O–H groups in total. The fraction of sp³-hybridized carbons (Fsp3) is 0.312. The number of aromatic nitrogens is 1. The summed E-state index contributed by atoms with van der Waals surface area (Å²) in [6, 6.07) is -0.981. The number of carboxylic acids is 1. The summed E-state index contributed by atoms with van der Waals surface area (Å²) in [5.74, 6) is -2.35. The van der Waals surface area contributed by atoms with Gasteiger partial charge < -0.3 is 32.8 Å². The van der Waals surface area contributed by atoms with Crippen LogP contribution in [0.2, 0.25) is 0 Å². The second-order valence-corrected chi connectivity index (χ2v) is 9.22. The Morgan fingerprint density at radius 3 is 2.68 bits per heavy atom. The van der Waals surface area contributed by atoms with E-state index < -0.39 is 34.9 Å². The van der Waals surface area contributed by atoms with Gasteiger partial charge in [0.25, 0.3) is 11.8 Å². The van der Waals surface area contributed by atoms with Gasteiger partial charge in [0.05, 0.1) is 0 Å². The summed E-state index contributed by atoms with van der Waals surface area (Å²) in [7, 11) is 0. The number of carbonyl (C=O) groups is 3. The first-order chi connectivity index (χ1) is 14.8. The highest BCUT2D eigenvalue weighted by atomic mass is 32.2. The molecule has 166 valence electrons. The number of nitrogens with zero attached hydrogens (tertiary/aromatic N) is 3. The van der Waals surface area contributed by atoms with Crippen LogP contribution in [0.5, 0.6) is 0 Å². The van der Waals surface area contributed by atoms with Crippen molar-refractivity contribution in [3.05, 3.63) is 32.7 Å². The fourth-order valence-corrected chi connectivity index (χ4v) is 5.85. The van der Waals surface area contributed by atoms with E-state index in [1.54, 1.807) is 5.41 Å². The van der Waals surface area contributed by atoms with Gasteiger partial charge in [0.15, 0.2) is 10.8 Å². The van der Waals surface area contributed by atoms with Gasteiger partial charge in [-0.05, 0) is 11.0 Å². The number of nitrogen functional groups attached to an aromatic ring is 1. The summed E-state index contributed by atoms with van der Waals surface area (Å²) in [5, 5.41) is 27.0. The number of rotatable bonds is 8. The lowest BCUT2D eigenvalue weighted by atomic mass is 10.0. The molecular formula is C16H19N7O5S3. The van der Waals surface area contributed by atoms with Crippen molar-refractivity contribution in [3.63, 3.8) is 0 Å². The highest BCUT2D eigenvalue weighted by Crippen LogP contribution is 2.43. The largest absolute Gasteiger partial charge is 0.477 e. The molecule has 2 aliphatic rings. The summed E-state index contributed by atoms with van der Waals surface area (Å²) in [4.78, 5) is 42.5. The normalized spacial score (nSPS) is 20.8. The van der Waals surface area contributed by atoms with Crippen LogP contribution in [0.1, 0.15) is 5.69 Å². The number of hydrogen-bond acceptors (Lipinski definition) is 12. The molecule has 12 nitrogen and oxygen atoms in total. The molecule has 2 aliphatic heterocycles. The molecule has 1 fully saturated rings. The van der Waals surface area contributed by atoms with Gasteiger partial charge in [-0.25, -0.2) is 9.78 Å². The minimum absolute atomic E-state index is 0.0645. The molecule has 0 aromatic carbocycles. The summed E-state index contributed by atoms with van der Waals surface area (Å²) >= 11 is 3.52. The van der Waals surface area contributed by atoms with Crippen molar-refractivity contribution in [1.29, 1.82) is 0 Å². The molecule has 1 aromatic heterocycles. The Labute approximate surface area is 188 Å². The van der Waals surface area contributed by atoms with Crippen LogP contribution in [0.15, 0.2) is 32.1 Å². The van der Waals surface area contributed by atoms with E-state index in [4.69, 9.17) is 17.2 Å². The van der Waals surface area contributed by atoms with Crippen LogP contribution >= 0.6 is 34.9 Å². The number of nitrogens with one attached hydrogen (secondary N) is 1. The molecule has 1 saturated heterocycles. The first kappa shape index (κ1) is 23.1. The molecular weight excluding hydrogens is 466 g/mol. The van der Waals surface area contributed by atoms with Gasteiger partial charge >= 0.3 is 5.97 Å². The molecule has 0 radical (unpaired) electrons. The van der Waals surface area contributed by atoms with Gasteiger partial charge in [0, 0.05) is 29.1 Å². The lowest BCUT2D eigenvalue weighted by Gasteiger charge is -2.49. The van der Waals surface area contributed by atoms with Crippen molar-refractivity contribution in [2.75, 3.05) is 24.6 Å². The second-order valence-electron chi connectivity index (χ2n) is 6.26. The molecule has 15 heteroatoms. The third kappa shape index (κ3) is 4.54. The van der Waals surface area contributed by atoms with Crippen molar-refractivity contribution in [2.45, 2.75) is 11.4 Å². The van der Waals surface area contributed by atoms with Gasteiger partial charge in [0.1, 0.15) is 22.8 Å². The Hall–Kier alpha value is -2.59. The molecule has 1 unspecified atom stereocenters. The highest BCUT2D eigenvalue weighted by molar-refractivity contribution is 8.08. The number of thioether (sulfide) groups is 2. The third-order valence-electron chi connectivity index (χ3n) is 4.39. The van der Waals surface area contributed by atoms with E-state index in [2.05, 4.69) is 15.5 Å². The highest BCUT2D eigenvalue weighted by Gasteiger charge is 2.54. The first-order valence-electron chi connectivity index (χ1n) is 8.72. The number of anilines is 1. The number of fused-ring (bicyclic) bond motifs is 1. The quantitative estimate of drug-likeness (QED) is 0.115. The topological polar surface area (TPSA) is 210 Å². The van der Waals surface area contributed by atoms with Crippen LogP contribution in [0.4, 0.5) is 5.13 Å². The predicted molar refractivity (Wildman–Crippen MR) is 118 cm³/mol. The van der Waals surface area contributed by atoms with Crippen LogP contribution in [0.25, 0.3) is 0 Å². The van der Waals surface area contributed by atoms with E-state index in [1.165, 1.54) is 17.1 Å². The molecule has 3 rings (SSSR count). The van der Waals surface area contributed by atoms with Gasteiger partial charge in [-0.2, -0.15) is 0 Å². The Morgan fingerprint density at radius 1 is 1.42 bits per heavy atom. The number of amides is 2. The summed E-state index contributed by atoms with van der Waals surface area (Å²) in [5.41, 5.74) is 17.0. The van der Waals surface area contributed by atoms with Crippen LogP contribution < -0.4 is 22.5 Å². The summed E-state index contributed by atoms with van der Waals surface area (Å²) in [6.45, 7) is 0.482. The zero-order chi connectivity index (χ0) is 22.7. The standard InChI is InChI=1S/C16H19N7O5S3/c17-1-6(2-18)3-29-8-5-30-14-10(13(25)23(14)11(8)15(26)27)21-12(24)9(22-28)7-4-31-16(19)20-7/h3-4,10,14,28H,1-2,5,17-18H2,(H2,19,20)(H,21,24)(H,26,27)/b22-9-/t10?,14-/m1/s1. The molecule has 0 aliphatic carbocycles. The molecule has 1 aromatic rings. The smallest absolute Gasteiger partial charge is 0.353 e. The van der Waals surface area contributed by atoms with Crippen LogP contribution in [-0.2, 0) is 14.4 Å². The number of β-lactam (4-membered cyclic amide) rings is 1. The predicted octanol–water partition coefficient (Wildman–Crippen LogP) is -0.866. The van der Waals surface area contributed by atoms with Gasteiger partial charge in [0.2, 0.25) is 0 Å². The van der Waals surface area contributed by atoms with Crippen LogP contribution in [0, 0.1) is 0 Å². The summed E-state index contributed by atoms with van der Waals surface area (Å²) < 4.78 is 0. The SMILES string of the molecule is NCC(=CSC1=C(C(=O)O)N2C(=O)C(NC(=O)/C(=N\O)c3csc(N)n3)[C@H]2SC1)CN. The maximum Gasteiger partial charge on any atom is 0.353 e. The average molecular weight is 486 g/mol. The fourth-order valence-electron chi connectivity index (χ4n) is 2.83. The minimum Gasteiger partial charge on any atom is -0.477 e. The number of oxime groups is 1. The van der Waals surface area contributed by atoms with E-state index in [9.17, 15) is 24.7 Å². The number of aliphatic carboxylic acids is 1. The van der Waals surface area contributed by atoms with Crippen LogP contribution in [-0.4, -0.2) is 74.0 Å². The van der Waals surface area contributed by atoms with Gasteiger partial charge in [-0.15, -0.1) is 23.1 Å². The Kier molecular flexibility index (Phi) is 7.22. The molecule has 0 bridgehead atoms. The van der Waals surface area contributed by atoms with Crippen molar-refractivity contribution >= 4 is 63.5 Å². The maximum absolute atomic E-state index is 12.7. The molecule has 2 amide bonds. The molecule has 0 saturated carbocycles. The Bertz CT molecular complexity index is 999. The van der Waals surface area contributed by atoms with Crippen LogP contribution in [0.3, 0.4) is 0 Å². The number of nitrogens with two attached hydrogens (primary N) is 3. The average Bonchev–Trinajstić information content (AvgIpc) is 3.18. The maximum atomic E-state index is 12.7. The lowest BCUT2D eigenvalue weighted by Crippen LogP contribution is -2.71. The molecule has 2 atom stereocenters. The van der Waals surface area contributed by atoms with E-state index in [0.717, 1.165) is 33.6 Å². The van der Waals surface area contributed by atoms with Gasteiger partial charge in [-0.1, -0.05) is 16.9 Å². The minimum atomic E-state index is -1.25. The van der Waals surface area contributed by atoms with E-state index >= 15 is 0 Å². The van der Waals surface area contributed by atoms with E-state index in [1.807, 2.05) is 0 Å². The molecule has 0 spiro atoms. The van der Waals surface area contributed by atoms with E-state index in [0.29, 0.717) is 10.7 Å². The van der Waals surface area contributed by atoms with Crippen molar-refractivity contribution in [3.8, 4) is 0 Å². The number of carbonyl (C=O) groups excluding carboxylic acids is 2. The summed E-state index contributed by atoms with van der Waals surface area (Å²) in [6.07, 6.45) is 0. The van der Waals surface area contributed by atoms with E-state index in [-0.39, 0.29) is 29.6 Å². The number of hydrogen-bond donors (Lipinski definition) is 6. The van der Waals surface area contributed by atoms with Crippen molar-refractivity contribution in [1.82, 2.24) is 15.2 Å². The Balaban J connectivity index is 1.77. The zero-order valence-corrected chi connectivity index (χ0v) is 18.3. The number of thiazole rings is 1. The van der Waals surface area contributed by atoms with Crippen molar-refractivity contribution < 1.29 is 24.7 Å². The molecule has 31 heavy (non-hydrogen) atoms. The monoisotopic (exact) mass is 485 g/mol. The third-order valence-corrected chi connectivity index (χ3v) is 7.60. The first-order valence-corrected chi connectivity index (χ1v) is 11.5. The second kappa shape index (κ2) is 9.69. The lowest BCUT2D eigenvalue weighted by molar-refractivity contribution is -0.150. The number of carboxylic acid groups (broad SMARTS) is 1. The Morgan fingerprint density at radius 2 is 2.13 bits per heavy atom. The van der Waals surface area contributed by atoms with Gasteiger partial charge in [-0.3, -0.25) is 14.5 Å². The van der Waals surface area contributed by atoms with Crippen molar-refractivity contribution in [2.24, 2.45) is 16.6 Å². The molecule has 3 heterocycles. The zero-order valence-electron chi connectivity index (χ0n) is 15.8.